The second-order valence-electron chi connectivity index (χ2n) is 4.83. The number of hydrogen-bond donors (Lipinski definition) is 1. The summed E-state index contributed by atoms with van der Waals surface area (Å²) in [5.74, 6) is -1.06. The van der Waals surface area contributed by atoms with Gasteiger partial charge < -0.3 is 13.9 Å². The summed E-state index contributed by atoms with van der Waals surface area (Å²) in [6.45, 7) is 3.66. The van der Waals surface area contributed by atoms with Gasteiger partial charge in [-0.1, -0.05) is 0 Å². The lowest BCUT2D eigenvalue weighted by atomic mass is 10.0. The Morgan fingerprint density at radius 2 is 1.95 bits per heavy atom. The van der Waals surface area contributed by atoms with Crippen LogP contribution in [-0.2, 0) is 11.2 Å². The minimum Gasteiger partial charge on any atom is -0.481 e. The van der Waals surface area contributed by atoms with E-state index in [0.29, 0.717) is 16.7 Å². The Bertz CT molecular complexity index is 898. The minimum atomic E-state index is -1.06. The van der Waals surface area contributed by atoms with Gasteiger partial charge in [-0.05, 0) is 31.0 Å². The van der Waals surface area contributed by atoms with E-state index in [4.69, 9.17) is 13.9 Å². The van der Waals surface area contributed by atoms with Crippen molar-refractivity contribution in [2.45, 2.75) is 20.3 Å². The van der Waals surface area contributed by atoms with Gasteiger partial charge in [0.05, 0.1) is 18.2 Å². The van der Waals surface area contributed by atoms with Crippen molar-refractivity contribution in [3.63, 3.8) is 0 Å². The molecule has 3 rings (SSSR count). The van der Waals surface area contributed by atoms with Crippen molar-refractivity contribution in [2.75, 3.05) is 0 Å². The Morgan fingerprint density at radius 3 is 2.65 bits per heavy atom. The van der Waals surface area contributed by atoms with Crippen molar-refractivity contribution >= 4 is 27.9 Å². The van der Waals surface area contributed by atoms with Gasteiger partial charge in [0.1, 0.15) is 11.2 Å². The molecule has 5 nitrogen and oxygen atoms in total. The van der Waals surface area contributed by atoms with Crippen LogP contribution in [0.4, 0.5) is 0 Å². The molecule has 20 heavy (non-hydrogen) atoms. The summed E-state index contributed by atoms with van der Waals surface area (Å²) in [5.41, 5.74) is 2.24. The van der Waals surface area contributed by atoms with Crippen LogP contribution in [0.5, 0.6) is 0 Å². The summed E-state index contributed by atoms with van der Waals surface area (Å²) in [5, 5.41) is 10.5. The van der Waals surface area contributed by atoms with Crippen LogP contribution >= 0.6 is 0 Å². The number of hydrogen-bond acceptors (Lipinski definition) is 4. The van der Waals surface area contributed by atoms with Gasteiger partial charge >= 0.3 is 11.6 Å². The summed E-state index contributed by atoms with van der Waals surface area (Å²) in [6, 6.07) is 3.53. The normalized spacial score (nSPS) is 11.3. The lowest BCUT2D eigenvalue weighted by molar-refractivity contribution is -0.136. The first-order valence-corrected chi connectivity index (χ1v) is 6.13. The molecule has 1 N–H and O–H groups in total. The highest BCUT2D eigenvalue weighted by Crippen LogP contribution is 2.28. The minimum absolute atomic E-state index is 0.186. The quantitative estimate of drug-likeness (QED) is 0.725. The van der Waals surface area contributed by atoms with E-state index in [0.717, 1.165) is 16.3 Å². The summed E-state index contributed by atoms with van der Waals surface area (Å²) in [4.78, 5) is 22.7. The van der Waals surface area contributed by atoms with Gasteiger partial charge in [-0.15, -0.1) is 0 Å². The molecule has 2 heterocycles. The third kappa shape index (κ3) is 1.79. The number of aryl methyl sites for hydroxylation is 2. The lowest BCUT2D eigenvalue weighted by Gasteiger charge is -2.06. The molecule has 0 bridgehead atoms. The van der Waals surface area contributed by atoms with Crippen LogP contribution in [0.25, 0.3) is 21.9 Å². The molecule has 0 saturated carbocycles. The van der Waals surface area contributed by atoms with E-state index < -0.39 is 11.6 Å². The number of rotatable bonds is 2. The van der Waals surface area contributed by atoms with E-state index in [1.165, 1.54) is 0 Å². The van der Waals surface area contributed by atoms with Crippen LogP contribution in [0, 0.1) is 13.8 Å². The smallest absolute Gasteiger partial charge is 0.340 e. The number of benzene rings is 1. The Labute approximate surface area is 113 Å². The van der Waals surface area contributed by atoms with Gasteiger partial charge in [0.15, 0.2) is 0 Å². The van der Waals surface area contributed by atoms with E-state index in [9.17, 15) is 9.59 Å². The van der Waals surface area contributed by atoms with E-state index in [2.05, 4.69) is 0 Å². The second-order valence-corrected chi connectivity index (χ2v) is 4.83. The van der Waals surface area contributed by atoms with Crippen molar-refractivity contribution in [1.82, 2.24) is 0 Å². The molecule has 0 saturated heterocycles. The van der Waals surface area contributed by atoms with Crippen LogP contribution < -0.4 is 5.63 Å². The number of furan rings is 1. The molecular weight excluding hydrogens is 260 g/mol. The topological polar surface area (TPSA) is 80.7 Å². The molecule has 0 atom stereocenters. The lowest BCUT2D eigenvalue weighted by Crippen LogP contribution is -2.14. The van der Waals surface area contributed by atoms with Crippen LogP contribution in [0.15, 0.2) is 32.0 Å². The summed E-state index contributed by atoms with van der Waals surface area (Å²) >= 11 is 0. The van der Waals surface area contributed by atoms with Crippen molar-refractivity contribution in [2.24, 2.45) is 0 Å². The summed E-state index contributed by atoms with van der Waals surface area (Å²) in [6.07, 6.45) is 1.29. The monoisotopic (exact) mass is 272 g/mol. The molecule has 1 aromatic carbocycles. The number of carbonyl (C=O) groups is 1. The van der Waals surface area contributed by atoms with Crippen molar-refractivity contribution in [3.8, 4) is 0 Å². The van der Waals surface area contributed by atoms with Crippen LogP contribution in [0.2, 0.25) is 0 Å². The van der Waals surface area contributed by atoms with Crippen molar-refractivity contribution in [1.29, 1.82) is 0 Å². The highest BCUT2D eigenvalue weighted by Gasteiger charge is 2.16. The molecule has 2 aromatic heterocycles. The molecular formula is C15H12O5. The van der Waals surface area contributed by atoms with E-state index in [1.807, 2.05) is 13.0 Å². The zero-order valence-electron chi connectivity index (χ0n) is 11.0. The molecule has 0 amide bonds. The first kappa shape index (κ1) is 12.5. The third-order valence-electron chi connectivity index (χ3n) is 3.50. The van der Waals surface area contributed by atoms with Gasteiger partial charge in [0, 0.05) is 16.8 Å². The third-order valence-corrected chi connectivity index (χ3v) is 3.50. The Morgan fingerprint density at radius 1 is 1.20 bits per heavy atom. The molecule has 0 aliphatic rings. The van der Waals surface area contributed by atoms with Crippen LogP contribution in [-0.4, -0.2) is 11.1 Å². The van der Waals surface area contributed by atoms with Gasteiger partial charge in [-0.2, -0.15) is 0 Å². The summed E-state index contributed by atoms with van der Waals surface area (Å²) < 4.78 is 10.6. The molecule has 102 valence electrons. The van der Waals surface area contributed by atoms with Crippen LogP contribution in [0.3, 0.4) is 0 Å². The van der Waals surface area contributed by atoms with Crippen molar-refractivity contribution < 1.29 is 18.7 Å². The number of fused-ring (bicyclic) bond motifs is 2. The van der Waals surface area contributed by atoms with E-state index in [-0.39, 0.29) is 12.0 Å². The standard InChI is InChI=1S/C15H12O5/c1-7-6-19-12-5-13-10(3-9(7)12)8(2)11(4-14(16)17)15(18)20-13/h3,5-6H,4H2,1-2H3,(H,16,17). The fourth-order valence-electron chi connectivity index (χ4n) is 2.39. The van der Waals surface area contributed by atoms with Gasteiger partial charge in [-0.25, -0.2) is 4.79 Å². The Balaban J connectivity index is 2.40. The molecule has 5 heteroatoms. The first-order chi connectivity index (χ1) is 9.47. The van der Waals surface area contributed by atoms with Gasteiger partial charge in [-0.3, -0.25) is 4.79 Å². The maximum absolute atomic E-state index is 11.9. The Hall–Kier alpha value is -2.56. The fraction of sp³-hybridized carbons (Fsp3) is 0.200. The fourth-order valence-corrected chi connectivity index (χ4v) is 2.39. The van der Waals surface area contributed by atoms with Crippen molar-refractivity contribution in [3.05, 3.63) is 45.5 Å². The predicted octanol–water partition coefficient (Wildman–Crippen LogP) is 2.78. The largest absolute Gasteiger partial charge is 0.481 e. The SMILES string of the molecule is Cc1coc2cc3oc(=O)c(CC(=O)O)c(C)c3cc12. The second kappa shape index (κ2) is 4.23. The molecule has 0 aliphatic heterocycles. The first-order valence-electron chi connectivity index (χ1n) is 6.13. The maximum atomic E-state index is 11.9. The van der Waals surface area contributed by atoms with Gasteiger partial charge in [0.25, 0.3) is 0 Å². The molecule has 0 aliphatic carbocycles. The molecule has 0 spiro atoms. The highest BCUT2D eigenvalue weighted by molar-refractivity contribution is 5.96. The maximum Gasteiger partial charge on any atom is 0.340 e. The number of carboxylic acid groups (broad SMARTS) is 1. The molecule has 0 fully saturated rings. The highest BCUT2D eigenvalue weighted by atomic mass is 16.4. The molecule has 3 aromatic rings. The number of carboxylic acids is 1. The predicted molar refractivity (Wildman–Crippen MR) is 73.1 cm³/mol. The Kier molecular flexibility index (Phi) is 2.64. The zero-order chi connectivity index (χ0) is 14.4. The van der Waals surface area contributed by atoms with Gasteiger partial charge in [0.2, 0.25) is 0 Å². The average molecular weight is 272 g/mol. The van der Waals surface area contributed by atoms with E-state index in [1.54, 1.807) is 19.3 Å². The number of aliphatic carboxylic acids is 1. The molecule has 0 unspecified atom stereocenters. The van der Waals surface area contributed by atoms with E-state index >= 15 is 0 Å². The molecule has 0 radical (unpaired) electrons. The summed E-state index contributed by atoms with van der Waals surface area (Å²) in [7, 11) is 0. The zero-order valence-corrected chi connectivity index (χ0v) is 11.0. The van der Waals surface area contributed by atoms with Crippen LogP contribution in [0.1, 0.15) is 16.7 Å². The average Bonchev–Trinajstić information content (AvgIpc) is 2.74.